The van der Waals surface area contributed by atoms with Crippen molar-refractivity contribution in [2.24, 2.45) is 5.92 Å². The highest BCUT2D eigenvalue weighted by molar-refractivity contribution is 5.43. The Balaban J connectivity index is 2.25. The van der Waals surface area contributed by atoms with Gasteiger partial charge in [0.1, 0.15) is 5.75 Å². The zero-order valence-electron chi connectivity index (χ0n) is 12.3. The second-order valence-electron chi connectivity index (χ2n) is 5.26. The Morgan fingerprint density at radius 2 is 2.21 bits per heavy atom. The van der Waals surface area contributed by atoms with Crippen molar-refractivity contribution >= 4 is 0 Å². The van der Waals surface area contributed by atoms with Crippen LogP contribution in [0.4, 0.5) is 0 Å². The van der Waals surface area contributed by atoms with E-state index in [4.69, 9.17) is 4.74 Å². The summed E-state index contributed by atoms with van der Waals surface area (Å²) in [6.45, 7) is 5.41. The van der Waals surface area contributed by atoms with E-state index < -0.39 is 0 Å². The highest BCUT2D eigenvalue weighted by Gasteiger charge is 2.27. The summed E-state index contributed by atoms with van der Waals surface area (Å²) in [7, 11) is 1.77. The molecule has 2 heteroatoms. The first-order valence-corrected chi connectivity index (χ1v) is 7.31. The van der Waals surface area contributed by atoms with Crippen molar-refractivity contribution in [2.75, 3.05) is 13.7 Å². The highest BCUT2D eigenvalue weighted by atomic mass is 16.5. The molecule has 2 atom stereocenters. The minimum absolute atomic E-state index is 0.528. The molecule has 1 aromatic carbocycles. The molecule has 1 aliphatic carbocycles. The van der Waals surface area contributed by atoms with Gasteiger partial charge >= 0.3 is 0 Å². The lowest BCUT2D eigenvalue weighted by Gasteiger charge is -2.33. The predicted molar refractivity (Wildman–Crippen MR) is 80.8 cm³/mol. The van der Waals surface area contributed by atoms with Crippen LogP contribution in [0.1, 0.15) is 31.4 Å². The lowest BCUT2D eigenvalue weighted by molar-refractivity contribution is 0.363. The maximum Gasteiger partial charge on any atom is 0.122 e. The summed E-state index contributed by atoms with van der Waals surface area (Å²) in [5.41, 5.74) is 2.83. The molecule has 0 unspecified atom stereocenters. The van der Waals surface area contributed by atoms with Crippen LogP contribution in [0.3, 0.4) is 0 Å². The first-order valence-electron chi connectivity index (χ1n) is 7.31. The van der Waals surface area contributed by atoms with Crippen molar-refractivity contribution in [1.29, 1.82) is 0 Å². The number of hydrogen-bond donors (Lipinski definition) is 1. The van der Waals surface area contributed by atoms with Crippen molar-refractivity contribution in [3.8, 4) is 5.75 Å². The number of rotatable bonds is 5. The molecule has 1 N–H and O–H groups in total. The summed E-state index contributed by atoms with van der Waals surface area (Å²) in [6.07, 6.45) is 7.87. The Morgan fingerprint density at radius 3 is 2.89 bits per heavy atom. The zero-order valence-corrected chi connectivity index (χ0v) is 12.3. The molecular weight excluding hydrogens is 234 g/mol. The molecule has 2 nitrogen and oxygen atoms in total. The van der Waals surface area contributed by atoms with Crippen LogP contribution in [-0.2, 0) is 12.8 Å². The standard InChI is InChI=1S/C17H25NO/c1-4-7-14-11-13-8-6-9-17(19-3)15(13)12-16(14)18-10-5-2/h4,6-9,14,16,18H,5,10-12H2,1-3H3/b7-4-/t14-,16+/m1/s1. The molecule has 0 spiro atoms. The van der Waals surface area contributed by atoms with Crippen LogP contribution in [0.15, 0.2) is 30.4 Å². The fourth-order valence-corrected chi connectivity index (χ4v) is 3.00. The molecule has 0 aliphatic heterocycles. The van der Waals surface area contributed by atoms with E-state index in [1.54, 1.807) is 7.11 Å². The number of hydrogen-bond acceptors (Lipinski definition) is 2. The molecule has 0 saturated heterocycles. The Morgan fingerprint density at radius 1 is 1.37 bits per heavy atom. The molecule has 1 aliphatic rings. The smallest absolute Gasteiger partial charge is 0.122 e. The van der Waals surface area contributed by atoms with Gasteiger partial charge in [-0.3, -0.25) is 0 Å². The minimum atomic E-state index is 0.528. The molecule has 2 rings (SSSR count). The van der Waals surface area contributed by atoms with Gasteiger partial charge in [0.2, 0.25) is 0 Å². The molecule has 0 heterocycles. The van der Waals surface area contributed by atoms with Gasteiger partial charge in [0.15, 0.2) is 0 Å². The summed E-state index contributed by atoms with van der Waals surface area (Å²) in [5.74, 6) is 1.64. The SMILES string of the molecule is C/C=C\[C@@H]1Cc2cccc(OC)c2C[C@@H]1NCCC. The van der Waals surface area contributed by atoms with Gasteiger partial charge in [-0.15, -0.1) is 0 Å². The summed E-state index contributed by atoms with van der Waals surface area (Å²) in [5, 5.41) is 3.69. The summed E-state index contributed by atoms with van der Waals surface area (Å²) >= 11 is 0. The molecular formula is C17H25NO. The molecule has 0 bridgehead atoms. The van der Waals surface area contributed by atoms with E-state index in [-0.39, 0.29) is 0 Å². The normalized spacial score (nSPS) is 22.5. The van der Waals surface area contributed by atoms with Gasteiger partial charge in [0, 0.05) is 6.04 Å². The molecule has 0 fully saturated rings. The van der Waals surface area contributed by atoms with Crippen molar-refractivity contribution < 1.29 is 4.74 Å². The highest BCUT2D eigenvalue weighted by Crippen LogP contribution is 2.32. The van der Waals surface area contributed by atoms with Crippen molar-refractivity contribution in [3.05, 3.63) is 41.5 Å². The number of fused-ring (bicyclic) bond motifs is 1. The second-order valence-corrected chi connectivity index (χ2v) is 5.26. The number of allylic oxidation sites excluding steroid dienone is 1. The summed E-state index contributed by atoms with van der Waals surface area (Å²) < 4.78 is 5.51. The maximum absolute atomic E-state index is 5.51. The fraction of sp³-hybridized carbons (Fsp3) is 0.529. The lowest BCUT2D eigenvalue weighted by atomic mass is 9.79. The third-order valence-corrected chi connectivity index (χ3v) is 3.94. The van der Waals surface area contributed by atoms with Crippen molar-refractivity contribution in [1.82, 2.24) is 5.32 Å². The van der Waals surface area contributed by atoms with E-state index in [1.807, 2.05) is 0 Å². The Labute approximate surface area is 116 Å². The molecule has 19 heavy (non-hydrogen) atoms. The van der Waals surface area contributed by atoms with Gasteiger partial charge in [0.05, 0.1) is 7.11 Å². The van der Waals surface area contributed by atoms with Gasteiger partial charge in [-0.2, -0.15) is 0 Å². The monoisotopic (exact) mass is 259 g/mol. The topological polar surface area (TPSA) is 21.3 Å². The van der Waals surface area contributed by atoms with Gasteiger partial charge in [-0.05, 0) is 55.8 Å². The van der Waals surface area contributed by atoms with Crippen LogP contribution >= 0.6 is 0 Å². The van der Waals surface area contributed by atoms with E-state index >= 15 is 0 Å². The largest absolute Gasteiger partial charge is 0.496 e. The first kappa shape index (κ1) is 14.1. The zero-order chi connectivity index (χ0) is 13.7. The van der Waals surface area contributed by atoms with Crippen LogP contribution in [0.25, 0.3) is 0 Å². The van der Waals surface area contributed by atoms with E-state index in [0.717, 1.165) is 25.1 Å². The predicted octanol–water partition coefficient (Wildman–Crippen LogP) is 3.35. The maximum atomic E-state index is 5.51. The molecule has 0 saturated carbocycles. The molecule has 104 valence electrons. The van der Waals surface area contributed by atoms with Crippen molar-refractivity contribution in [2.45, 2.75) is 39.2 Å². The third-order valence-electron chi connectivity index (χ3n) is 3.94. The van der Waals surface area contributed by atoms with Gasteiger partial charge in [-0.25, -0.2) is 0 Å². The lowest BCUT2D eigenvalue weighted by Crippen LogP contribution is -2.41. The summed E-state index contributed by atoms with van der Waals surface area (Å²) in [6, 6.07) is 6.94. The van der Waals surface area contributed by atoms with Gasteiger partial charge in [0.25, 0.3) is 0 Å². The number of nitrogens with one attached hydrogen (secondary N) is 1. The van der Waals surface area contributed by atoms with Crippen molar-refractivity contribution in [3.63, 3.8) is 0 Å². The minimum Gasteiger partial charge on any atom is -0.496 e. The van der Waals surface area contributed by atoms with Crippen LogP contribution in [-0.4, -0.2) is 19.7 Å². The van der Waals surface area contributed by atoms with E-state index in [9.17, 15) is 0 Å². The Kier molecular flexibility index (Phi) is 5.03. The van der Waals surface area contributed by atoms with Crippen LogP contribution in [0, 0.1) is 5.92 Å². The van der Waals surface area contributed by atoms with Crippen LogP contribution in [0.2, 0.25) is 0 Å². The van der Waals surface area contributed by atoms with Gasteiger partial charge in [-0.1, -0.05) is 31.2 Å². The van der Waals surface area contributed by atoms with E-state index in [1.165, 1.54) is 17.5 Å². The molecule has 0 aromatic heterocycles. The average Bonchev–Trinajstić information content (AvgIpc) is 2.44. The molecule has 0 radical (unpaired) electrons. The number of ether oxygens (including phenoxy) is 1. The van der Waals surface area contributed by atoms with Crippen LogP contribution < -0.4 is 10.1 Å². The number of benzene rings is 1. The third kappa shape index (κ3) is 3.19. The molecule has 0 amide bonds. The quantitative estimate of drug-likeness (QED) is 0.819. The first-order chi connectivity index (χ1) is 9.30. The average molecular weight is 259 g/mol. The van der Waals surface area contributed by atoms with E-state index in [0.29, 0.717) is 12.0 Å². The Hall–Kier alpha value is -1.28. The summed E-state index contributed by atoms with van der Waals surface area (Å²) in [4.78, 5) is 0. The van der Waals surface area contributed by atoms with E-state index in [2.05, 4.69) is 49.5 Å². The molecule has 1 aromatic rings. The fourth-order valence-electron chi connectivity index (χ4n) is 3.00. The van der Waals surface area contributed by atoms with Crippen LogP contribution in [0.5, 0.6) is 5.75 Å². The second kappa shape index (κ2) is 6.76. The number of methoxy groups -OCH3 is 1. The Bertz CT molecular complexity index is 439. The van der Waals surface area contributed by atoms with Gasteiger partial charge < -0.3 is 10.1 Å².